The molecule has 2 aliphatic heterocycles. The number of benzene rings is 1. The Bertz CT molecular complexity index is 909. The van der Waals surface area contributed by atoms with Crippen molar-refractivity contribution < 1.29 is 26.4 Å². The monoisotopic (exact) mass is 460 g/mol. The fourth-order valence-electron chi connectivity index (χ4n) is 3.40. The van der Waals surface area contributed by atoms with Crippen molar-refractivity contribution in [3.63, 3.8) is 0 Å². The molecule has 1 aromatic carbocycles. The summed E-state index contributed by atoms with van der Waals surface area (Å²) in [5.74, 6) is -0.246. The van der Waals surface area contributed by atoms with Gasteiger partial charge in [0.15, 0.2) is 0 Å². The summed E-state index contributed by atoms with van der Waals surface area (Å²) in [4.78, 5) is 13.8. The van der Waals surface area contributed by atoms with E-state index in [0.717, 1.165) is 5.56 Å². The van der Waals surface area contributed by atoms with Crippen molar-refractivity contribution in [2.75, 3.05) is 64.8 Å². The highest BCUT2D eigenvalue weighted by molar-refractivity contribution is 7.89. The summed E-state index contributed by atoms with van der Waals surface area (Å²) in [6, 6.07) is 8.59. The van der Waals surface area contributed by atoms with Crippen LogP contribution in [0.15, 0.2) is 30.3 Å². The van der Waals surface area contributed by atoms with Crippen LogP contribution >= 0.6 is 0 Å². The third-order valence-electron chi connectivity index (χ3n) is 5.11. The number of amides is 2. The minimum atomic E-state index is -3.45. The van der Waals surface area contributed by atoms with Crippen LogP contribution in [-0.4, -0.2) is 101 Å². The second-order valence-corrected chi connectivity index (χ2v) is 11.2. The van der Waals surface area contributed by atoms with Crippen LogP contribution in [0.5, 0.6) is 0 Å². The van der Waals surface area contributed by atoms with Gasteiger partial charge in [-0.1, -0.05) is 30.3 Å². The third kappa shape index (κ3) is 6.14. The molecule has 0 bridgehead atoms. The van der Waals surface area contributed by atoms with Gasteiger partial charge in [-0.3, -0.25) is 0 Å². The molecule has 0 unspecified atom stereocenters. The van der Waals surface area contributed by atoms with Crippen LogP contribution in [0.2, 0.25) is 0 Å². The molecule has 168 valence electrons. The van der Waals surface area contributed by atoms with Gasteiger partial charge in [-0.15, -0.1) is 0 Å². The van der Waals surface area contributed by atoms with Gasteiger partial charge < -0.3 is 15.0 Å². The lowest BCUT2D eigenvalue weighted by Gasteiger charge is -2.34. The molecule has 0 saturated carbocycles. The molecule has 2 amide bonds. The number of hydrogen-bond donors (Lipinski definition) is 1. The van der Waals surface area contributed by atoms with E-state index in [1.807, 2.05) is 6.07 Å². The van der Waals surface area contributed by atoms with Crippen LogP contribution in [0.4, 0.5) is 4.79 Å². The predicted molar refractivity (Wildman–Crippen MR) is 112 cm³/mol. The summed E-state index contributed by atoms with van der Waals surface area (Å²) in [6.07, 6.45) is 0. The largest absolute Gasteiger partial charge is 0.379 e. The topological polar surface area (TPSA) is 116 Å². The quantitative estimate of drug-likeness (QED) is 0.587. The van der Waals surface area contributed by atoms with Gasteiger partial charge >= 0.3 is 6.03 Å². The summed E-state index contributed by atoms with van der Waals surface area (Å²) in [5, 5.41) is 2.62. The zero-order valence-electron chi connectivity index (χ0n) is 16.8. The molecular weight excluding hydrogens is 432 g/mol. The molecule has 30 heavy (non-hydrogen) atoms. The first-order valence-corrected chi connectivity index (χ1v) is 13.1. The Balaban J connectivity index is 1.42. The Labute approximate surface area is 177 Å². The standard InChI is InChI=1S/C18H28N4O6S2/c23-18(19-6-15-29(24,25)22-11-13-28-14-12-22)20-7-9-21(10-8-20)30(26,27)16-17-4-2-1-3-5-17/h1-5H,6-16H2,(H,19,23). The van der Waals surface area contributed by atoms with Crippen molar-refractivity contribution in [3.8, 4) is 0 Å². The number of sulfonamides is 2. The first-order chi connectivity index (χ1) is 14.3. The summed E-state index contributed by atoms with van der Waals surface area (Å²) in [7, 11) is -6.89. The summed E-state index contributed by atoms with van der Waals surface area (Å²) < 4.78 is 57.7. The van der Waals surface area contributed by atoms with Crippen molar-refractivity contribution in [1.29, 1.82) is 0 Å². The lowest BCUT2D eigenvalue weighted by atomic mass is 10.2. The molecular formula is C18H28N4O6S2. The van der Waals surface area contributed by atoms with Crippen molar-refractivity contribution in [2.24, 2.45) is 0 Å². The van der Waals surface area contributed by atoms with Crippen LogP contribution in [-0.2, 0) is 30.5 Å². The van der Waals surface area contributed by atoms with E-state index in [2.05, 4.69) is 5.32 Å². The summed E-state index contributed by atoms with van der Waals surface area (Å²) in [6.45, 7) is 2.37. The molecule has 1 aromatic rings. The maximum Gasteiger partial charge on any atom is 0.317 e. The van der Waals surface area contributed by atoms with Crippen molar-refractivity contribution in [1.82, 2.24) is 18.8 Å². The smallest absolute Gasteiger partial charge is 0.317 e. The number of carbonyl (C=O) groups excluding carboxylic acids is 1. The number of urea groups is 1. The summed E-state index contributed by atoms with van der Waals surface area (Å²) >= 11 is 0. The number of piperazine rings is 1. The number of hydrogen-bond acceptors (Lipinski definition) is 6. The fraction of sp³-hybridized carbons (Fsp3) is 0.611. The molecule has 0 aliphatic carbocycles. The van der Waals surface area contributed by atoms with E-state index in [1.54, 1.807) is 24.3 Å². The Morgan fingerprint density at radius 1 is 0.867 bits per heavy atom. The Hall–Kier alpha value is -1.73. The second kappa shape index (κ2) is 10.1. The van der Waals surface area contributed by atoms with Crippen molar-refractivity contribution in [3.05, 3.63) is 35.9 Å². The van der Waals surface area contributed by atoms with Crippen LogP contribution in [0.3, 0.4) is 0 Å². The normalized spacial score (nSPS) is 19.5. The van der Waals surface area contributed by atoms with Crippen LogP contribution < -0.4 is 5.32 Å². The molecule has 2 heterocycles. The number of morpholine rings is 1. The molecule has 2 fully saturated rings. The third-order valence-corrected chi connectivity index (χ3v) is 8.83. The summed E-state index contributed by atoms with van der Waals surface area (Å²) in [5.41, 5.74) is 0.721. The van der Waals surface area contributed by atoms with E-state index in [4.69, 9.17) is 4.74 Å². The molecule has 1 N–H and O–H groups in total. The molecule has 2 saturated heterocycles. The number of rotatable bonds is 7. The number of carbonyl (C=O) groups is 1. The number of ether oxygens (including phenoxy) is 1. The first kappa shape index (κ1) is 22.9. The maximum absolute atomic E-state index is 12.6. The van der Waals surface area contributed by atoms with E-state index >= 15 is 0 Å². The van der Waals surface area contributed by atoms with E-state index < -0.39 is 20.0 Å². The highest BCUT2D eigenvalue weighted by atomic mass is 32.2. The molecule has 3 rings (SSSR count). The average molecular weight is 461 g/mol. The van der Waals surface area contributed by atoms with Gasteiger partial charge in [0.25, 0.3) is 0 Å². The van der Waals surface area contributed by atoms with Crippen LogP contribution in [0, 0.1) is 0 Å². The minimum Gasteiger partial charge on any atom is -0.379 e. The van der Waals surface area contributed by atoms with Gasteiger partial charge in [-0.2, -0.15) is 8.61 Å². The molecule has 10 nitrogen and oxygen atoms in total. The fourth-order valence-corrected chi connectivity index (χ4v) is 6.24. The van der Waals surface area contributed by atoms with E-state index in [0.29, 0.717) is 26.3 Å². The van der Waals surface area contributed by atoms with Gasteiger partial charge in [0.05, 0.1) is 24.7 Å². The van der Waals surface area contributed by atoms with Crippen molar-refractivity contribution >= 4 is 26.1 Å². The number of nitrogens with one attached hydrogen (secondary N) is 1. The zero-order valence-corrected chi connectivity index (χ0v) is 18.4. The van der Waals surface area contributed by atoms with Gasteiger partial charge in [-0.25, -0.2) is 21.6 Å². The zero-order chi connectivity index (χ0) is 21.6. The average Bonchev–Trinajstić information content (AvgIpc) is 2.75. The molecule has 0 atom stereocenters. The van der Waals surface area contributed by atoms with E-state index in [1.165, 1.54) is 13.5 Å². The lowest BCUT2D eigenvalue weighted by molar-refractivity contribution is 0.0730. The molecule has 12 heteroatoms. The van der Waals surface area contributed by atoms with Gasteiger partial charge in [0.1, 0.15) is 0 Å². The van der Waals surface area contributed by atoms with Crippen LogP contribution in [0.1, 0.15) is 5.56 Å². The molecule has 0 spiro atoms. The van der Waals surface area contributed by atoms with Gasteiger partial charge in [0.2, 0.25) is 20.0 Å². The Morgan fingerprint density at radius 2 is 1.47 bits per heavy atom. The molecule has 0 aromatic heterocycles. The maximum atomic E-state index is 12.6. The predicted octanol–water partition coefficient (Wildman–Crippen LogP) is -0.494. The Kier molecular flexibility index (Phi) is 7.69. The SMILES string of the molecule is O=C(NCCS(=O)(=O)N1CCOCC1)N1CCN(S(=O)(=O)Cc2ccccc2)CC1. The van der Waals surface area contributed by atoms with E-state index in [9.17, 15) is 21.6 Å². The van der Waals surface area contributed by atoms with Crippen molar-refractivity contribution in [2.45, 2.75) is 5.75 Å². The first-order valence-electron chi connectivity index (χ1n) is 9.88. The lowest BCUT2D eigenvalue weighted by Crippen LogP contribution is -2.53. The highest BCUT2D eigenvalue weighted by Crippen LogP contribution is 2.13. The van der Waals surface area contributed by atoms with Crippen LogP contribution in [0.25, 0.3) is 0 Å². The Morgan fingerprint density at radius 3 is 2.10 bits per heavy atom. The highest BCUT2D eigenvalue weighted by Gasteiger charge is 2.29. The van der Waals surface area contributed by atoms with Gasteiger partial charge in [-0.05, 0) is 5.56 Å². The molecule has 0 radical (unpaired) electrons. The minimum absolute atomic E-state index is 0.00500. The van der Waals surface area contributed by atoms with Gasteiger partial charge in [0, 0.05) is 45.8 Å². The second-order valence-electron chi connectivity index (χ2n) is 7.19. The van der Waals surface area contributed by atoms with E-state index in [-0.39, 0.29) is 50.3 Å². The number of nitrogens with zero attached hydrogens (tertiary/aromatic N) is 3. The molecule has 2 aliphatic rings.